The highest BCUT2D eigenvalue weighted by atomic mass is 16.4. The van der Waals surface area contributed by atoms with Gasteiger partial charge in [-0.15, -0.1) is 0 Å². The highest BCUT2D eigenvalue weighted by molar-refractivity contribution is 5.93. The third kappa shape index (κ3) is 3.73. The van der Waals surface area contributed by atoms with Crippen molar-refractivity contribution < 1.29 is 14.3 Å². The van der Waals surface area contributed by atoms with E-state index in [1.54, 1.807) is 12.1 Å². The van der Waals surface area contributed by atoms with E-state index >= 15 is 0 Å². The van der Waals surface area contributed by atoms with Gasteiger partial charge in [0.25, 0.3) is 0 Å². The molecule has 0 saturated heterocycles. The first-order chi connectivity index (χ1) is 9.58. The maximum Gasteiger partial charge on any atom is 0.247 e. The Hall–Kier alpha value is -1.55. The van der Waals surface area contributed by atoms with Gasteiger partial charge in [0.15, 0.2) is 0 Å². The molecule has 4 nitrogen and oxygen atoms in total. The van der Waals surface area contributed by atoms with Gasteiger partial charge in [0.1, 0.15) is 11.9 Å². The molecular formula is C16H23NO3. The van der Waals surface area contributed by atoms with E-state index in [1.807, 2.05) is 13.8 Å². The van der Waals surface area contributed by atoms with Gasteiger partial charge in [0, 0.05) is 18.0 Å². The summed E-state index contributed by atoms with van der Waals surface area (Å²) in [6, 6.07) is 3.39. The number of rotatable bonds is 5. The largest absolute Gasteiger partial charge is 0.467 e. The van der Waals surface area contributed by atoms with Crippen LogP contribution >= 0.6 is 0 Å². The van der Waals surface area contributed by atoms with Crippen molar-refractivity contribution in [1.29, 1.82) is 0 Å². The molecule has 1 amide bonds. The summed E-state index contributed by atoms with van der Waals surface area (Å²) < 4.78 is 5.16. The monoisotopic (exact) mass is 277 g/mol. The number of aliphatic hydroxyl groups is 1. The van der Waals surface area contributed by atoms with Crippen LogP contribution in [0.4, 0.5) is 0 Å². The predicted octanol–water partition coefficient (Wildman–Crippen LogP) is 3.10. The fraction of sp³-hybridized carbons (Fsp3) is 0.562. The molecule has 2 N–H and O–H groups in total. The maximum atomic E-state index is 12.1. The topological polar surface area (TPSA) is 62.5 Å². The van der Waals surface area contributed by atoms with Gasteiger partial charge in [0.2, 0.25) is 5.91 Å². The number of hydrogen-bond acceptors (Lipinski definition) is 3. The van der Waals surface area contributed by atoms with E-state index in [0.717, 1.165) is 18.4 Å². The third-order valence-corrected chi connectivity index (χ3v) is 3.90. The number of furan rings is 1. The molecule has 2 rings (SSSR count). The highest BCUT2D eigenvalue weighted by Crippen LogP contribution is 2.27. The summed E-state index contributed by atoms with van der Waals surface area (Å²) in [7, 11) is 0. The molecule has 1 heterocycles. The molecule has 1 saturated carbocycles. The Bertz CT molecular complexity index is 468. The van der Waals surface area contributed by atoms with E-state index in [4.69, 9.17) is 4.42 Å². The standard InChI is InChI=1S/C16H23NO3/c1-11(10-14(18)15-8-5-9-20-15)17-16(19)12(2)13-6-3-4-7-13/h5,8-9,11,14,18H,3-4,6-7,10H2,1-2H3,(H,17,19). The van der Waals surface area contributed by atoms with E-state index in [9.17, 15) is 9.90 Å². The molecule has 0 aromatic carbocycles. The number of aliphatic hydroxyl groups excluding tert-OH is 1. The van der Waals surface area contributed by atoms with Crippen LogP contribution in [0.2, 0.25) is 0 Å². The lowest BCUT2D eigenvalue weighted by atomic mass is 10.1. The van der Waals surface area contributed by atoms with Crippen LogP contribution in [-0.2, 0) is 4.79 Å². The number of allylic oxidation sites excluding steroid dienone is 1. The Kier molecular flexibility index (Phi) is 5.01. The van der Waals surface area contributed by atoms with Crippen LogP contribution in [0.25, 0.3) is 0 Å². The normalized spacial score (nSPS) is 17.9. The van der Waals surface area contributed by atoms with Gasteiger partial charge in [-0.25, -0.2) is 0 Å². The summed E-state index contributed by atoms with van der Waals surface area (Å²) in [4.78, 5) is 12.1. The Labute approximate surface area is 119 Å². The molecule has 2 unspecified atom stereocenters. The second-order valence-electron chi connectivity index (χ2n) is 5.58. The minimum atomic E-state index is -0.681. The van der Waals surface area contributed by atoms with Crippen molar-refractivity contribution in [2.45, 2.75) is 58.1 Å². The van der Waals surface area contributed by atoms with Crippen molar-refractivity contribution in [2.24, 2.45) is 0 Å². The van der Waals surface area contributed by atoms with Gasteiger partial charge in [-0.05, 0) is 51.7 Å². The van der Waals surface area contributed by atoms with E-state index in [1.165, 1.54) is 24.7 Å². The van der Waals surface area contributed by atoms with Crippen LogP contribution in [0, 0.1) is 0 Å². The quantitative estimate of drug-likeness (QED) is 0.813. The molecule has 0 radical (unpaired) electrons. The number of hydrogen-bond donors (Lipinski definition) is 2. The van der Waals surface area contributed by atoms with Crippen molar-refractivity contribution >= 4 is 5.91 Å². The average molecular weight is 277 g/mol. The van der Waals surface area contributed by atoms with Gasteiger partial charge in [0.05, 0.1) is 6.26 Å². The van der Waals surface area contributed by atoms with Crippen LogP contribution < -0.4 is 5.32 Å². The van der Waals surface area contributed by atoms with Gasteiger partial charge >= 0.3 is 0 Å². The van der Waals surface area contributed by atoms with Gasteiger partial charge in [-0.2, -0.15) is 0 Å². The number of carbonyl (C=O) groups is 1. The summed E-state index contributed by atoms with van der Waals surface area (Å²) in [5.41, 5.74) is 2.13. The molecule has 1 aromatic rings. The third-order valence-electron chi connectivity index (χ3n) is 3.90. The van der Waals surface area contributed by atoms with Gasteiger partial charge in [-0.3, -0.25) is 4.79 Å². The summed E-state index contributed by atoms with van der Waals surface area (Å²) in [6.45, 7) is 3.79. The summed E-state index contributed by atoms with van der Waals surface area (Å²) >= 11 is 0. The average Bonchev–Trinajstić information content (AvgIpc) is 3.10. The Morgan fingerprint density at radius 1 is 1.45 bits per heavy atom. The van der Waals surface area contributed by atoms with Crippen LogP contribution in [0.15, 0.2) is 34.0 Å². The Morgan fingerprint density at radius 2 is 2.15 bits per heavy atom. The van der Waals surface area contributed by atoms with E-state index in [-0.39, 0.29) is 11.9 Å². The maximum absolute atomic E-state index is 12.1. The molecule has 2 atom stereocenters. The zero-order valence-corrected chi connectivity index (χ0v) is 12.2. The second-order valence-corrected chi connectivity index (χ2v) is 5.58. The molecular weight excluding hydrogens is 254 g/mol. The minimum absolute atomic E-state index is 0.0129. The first kappa shape index (κ1) is 14.9. The zero-order valence-electron chi connectivity index (χ0n) is 12.2. The molecule has 1 aliphatic carbocycles. The van der Waals surface area contributed by atoms with Gasteiger partial charge < -0.3 is 14.8 Å². The lowest BCUT2D eigenvalue weighted by Gasteiger charge is -2.17. The Balaban J connectivity index is 1.86. The summed E-state index contributed by atoms with van der Waals surface area (Å²) in [6.07, 6.45) is 5.77. The van der Waals surface area contributed by atoms with Crippen LogP contribution in [0.1, 0.15) is 57.8 Å². The summed E-state index contributed by atoms with van der Waals surface area (Å²) in [5, 5.41) is 12.9. The van der Waals surface area contributed by atoms with Crippen LogP contribution in [0.5, 0.6) is 0 Å². The molecule has 4 heteroatoms. The van der Waals surface area contributed by atoms with Crippen molar-refractivity contribution in [2.75, 3.05) is 0 Å². The fourth-order valence-corrected chi connectivity index (χ4v) is 2.66. The number of amides is 1. The molecule has 0 spiro atoms. The predicted molar refractivity (Wildman–Crippen MR) is 77.1 cm³/mol. The lowest BCUT2D eigenvalue weighted by Crippen LogP contribution is -2.34. The molecule has 20 heavy (non-hydrogen) atoms. The first-order valence-corrected chi connectivity index (χ1v) is 7.29. The fourth-order valence-electron chi connectivity index (χ4n) is 2.66. The van der Waals surface area contributed by atoms with Crippen molar-refractivity contribution in [3.8, 4) is 0 Å². The van der Waals surface area contributed by atoms with Gasteiger partial charge in [-0.1, -0.05) is 5.57 Å². The minimum Gasteiger partial charge on any atom is -0.467 e. The first-order valence-electron chi connectivity index (χ1n) is 7.29. The molecule has 0 aliphatic heterocycles. The number of nitrogens with one attached hydrogen (secondary N) is 1. The molecule has 0 bridgehead atoms. The molecule has 110 valence electrons. The summed E-state index contributed by atoms with van der Waals surface area (Å²) in [5.74, 6) is 0.526. The van der Waals surface area contributed by atoms with E-state index in [2.05, 4.69) is 5.32 Å². The molecule has 1 fully saturated rings. The van der Waals surface area contributed by atoms with Crippen LogP contribution in [-0.4, -0.2) is 17.1 Å². The Morgan fingerprint density at radius 3 is 2.75 bits per heavy atom. The SMILES string of the molecule is CC(C(=O)NC(C)CC(O)c1ccco1)=C1CCCC1. The molecule has 1 aliphatic rings. The highest BCUT2D eigenvalue weighted by Gasteiger charge is 2.19. The van der Waals surface area contributed by atoms with Crippen molar-refractivity contribution in [3.63, 3.8) is 0 Å². The smallest absolute Gasteiger partial charge is 0.247 e. The van der Waals surface area contributed by atoms with Crippen LogP contribution in [0.3, 0.4) is 0 Å². The zero-order chi connectivity index (χ0) is 14.5. The second kappa shape index (κ2) is 6.75. The lowest BCUT2D eigenvalue weighted by molar-refractivity contribution is -0.118. The number of carbonyl (C=O) groups excluding carboxylic acids is 1. The van der Waals surface area contributed by atoms with E-state index in [0.29, 0.717) is 12.2 Å². The molecule has 1 aromatic heterocycles. The van der Waals surface area contributed by atoms with Crippen molar-refractivity contribution in [3.05, 3.63) is 35.3 Å². The van der Waals surface area contributed by atoms with E-state index < -0.39 is 6.10 Å². The van der Waals surface area contributed by atoms with Crippen molar-refractivity contribution in [1.82, 2.24) is 5.32 Å².